The highest BCUT2D eigenvalue weighted by Gasteiger charge is 2.44. The number of carboxylic acids is 1. The number of pyridine rings is 1. The zero-order valence-corrected chi connectivity index (χ0v) is 12.2. The molecule has 106 valence electrons. The Kier molecular flexibility index (Phi) is 3.56. The highest BCUT2D eigenvalue weighted by atomic mass is 32.2. The quantitative estimate of drug-likeness (QED) is 0.856. The van der Waals surface area contributed by atoms with E-state index in [2.05, 4.69) is 11.1 Å². The summed E-state index contributed by atoms with van der Waals surface area (Å²) in [7, 11) is 0. The van der Waals surface area contributed by atoms with E-state index in [4.69, 9.17) is 5.11 Å². The summed E-state index contributed by atoms with van der Waals surface area (Å²) < 4.78 is 0. The highest BCUT2D eigenvalue weighted by Crippen LogP contribution is 2.51. The third kappa shape index (κ3) is 3.01. The van der Waals surface area contributed by atoms with Crippen molar-refractivity contribution in [2.24, 2.45) is 5.41 Å². The number of carbonyl (C=O) groups is 1. The molecule has 0 unspecified atom stereocenters. The average Bonchev–Trinajstić information content (AvgIpc) is 3.23. The molecule has 5 heteroatoms. The zero-order chi connectivity index (χ0) is 14.9. The number of aromatic nitrogens is 1. The van der Waals surface area contributed by atoms with Crippen LogP contribution in [0.3, 0.4) is 0 Å². The molecule has 2 aromatic rings. The molecule has 4 nitrogen and oxygen atoms in total. The van der Waals surface area contributed by atoms with Crippen molar-refractivity contribution in [3.63, 3.8) is 0 Å². The lowest BCUT2D eigenvalue weighted by molar-refractivity contribution is -0.138. The maximum Gasteiger partial charge on any atom is 0.303 e. The number of hydrogen-bond acceptors (Lipinski definition) is 4. The normalized spacial score (nSPS) is 15.6. The predicted molar refractivity (Wildman–Crippen MR) is 81.1 cm³/mol. The summed E-state index contributed by atoms with van der Waals surface area (Å²) in [6, 6.07) is 11.6. The van der Waals surface area contributed by atoms with Crippen molar-refractivity contribution in [3.05, 3.63) is 35.9 Å². The van der Waals surface area contributed by atoms with Crippen molar-refractivity contribution in [1.82, 2.24) is 4.98 Å². The molecular weight excluding hydrogens is 284 g/mol. The van der Waals surface area contributed by atoms with Crippen LogP contribution in [0.4, 0.5) is 0 Å². The lowest BCUT2D eigenvalue weighted by atomic mass is 10.1. The summed E-state index contributed by atoms with van der Waals surface area (Å²) in [5.41, 5.74) is 1.35. The largest absolute Gasteiger partial charge is 0.481 e. The van der Waals surface area contributed by atoms with E-state index in [1.165, 1.54) is 0 Å². The van der Waals surface area contributed by atoms with Crippen LogP contribution in [0, 0.1) is 16.7 Å². The third-order valence-corrected chi connectivity index (χ3v) is 5.08. The fourth-order valence-corrected chi connectivity index (χ4v) is 3.62. The molecule has 1 aromatic carbocycles. The van der Waals surface area contributed by atoms with Gasteiger partial charge in [0.15, 0.2) is 0 Å². The minimum Gasteiger partial charge on any atom is -0.481 e. The summed E-state index contributed by atoms with van der Waals surface area (Å²) in [6.07, 6.45) is 2.15. The summed E-state index contributed by atoms with van der Waals surface area (Å²) in [5, 5.41) is 19.8. The van der Waals surface area contributed by atoms with Crippen LogP contribution >= 0.6 is 11.8 Å². The van der Waals surface area contributed by atoms with Crippen LogP contribution in [0.15, 0.2) is 35.4 Å². The van der Waals surface area contributed by atoms with Crippen molar-refractivity contribution < 1.29 is 9.90 Å². The molecule has 1 fully saturated rings. The number of nitrogens with zero attached hydrogens (tertiary/aromatic N) is 2. The van der Waals surface area contributed by atoms with Gasteiger partial charge in [0.1, 0.15) is 0 Å². The average molecular weight is 298 g/mol. The zero-order valence-electron chi connectivity index (χ0n) is 11.4. The van der Waals surface area contributed by atoms with Crippen molar-refractivity contribution in [3.8, 4) is 6.07 Å². The summed E-state index contributed by atoms with van der Waals surface area (Å²) >= 11 is 1.55. The Balaban J connectivity index is 1.82. The Hall–Kier alpha value is -2.06. The Morgan fingerprint density at radius 1 is 1.43 bits per heavy atom. The van der Waals surface area contributed by atoms with Gasteiger partial charge in [-0.1, -0.05) is 18.2 Å². The van der Waals surface area contributed by atoms with E-state index in [0.717, 1.165) is 34.5 Å². The van der Waals surface area contributed by atoms with E-state index in [-0.39, 0.29) is 11.8 Å². The van der Waals surface area contributed by atoms with E-state index in [9.17, 15) is 10.1 Å². The molecule has 1 N–H and O–H groups in total. The number of rotatable bonds is 5. The maximum atomic E-state index is 10.9. The van der Waals surface area contributed by atoms with Crippen LogP contribution in [0.25, 0.3) is 10.9 Å². The van der Waals surface area contributed by atoms with Gasteiger partial charge in [-0.2, -0.15) is 5.26 Å². The second-order valence-electron chi connectivity index (χ2n) is 5.50. The standard InChI is InChI=1S/C16H14N2O2S/c17-9-11-7-14(18-13-4-2-1-3-12(11)13)21-10-16(5-6-16)8-15(19)20/h1-4,7H,5-6,8,10H2,(H,19,20). The topological polar surface area (TPSA) is 74.0 Å². The van der Waals surface area contributed by atoms with Gasteiger partial charge in [-0.05, 0) is 30.4 Å². The van der Waals surface area contributed by atoms with Crippen molar-refractivity contribution in [1.29, 1.82) is 5.26 Å². The highest BCUT2D eigenvalue weighted by molar-refractivity contribution is 7.99. The third-order valence-electron chi connectivity index (χ3n) is 3.82. The Morgan fingerprint density at radius 3 is 2.86 bits per heavy atom. The van der Waals surface area contributed by atoms with Gasteiger partial charge in [-0.25, -0.2) is 4.98 Å². The molecule has 21 heavy (non-hydrogen) atoms. The molecule has 1 heterocycles. The molecule has 3 rings (SSSR count). The molecule has 1 aliphatic carbocycles. The van der Waals surface area contributed by atoms with Gasteiger partial charge in [0.2, 0.25) is 0 Å². The molecule has 0 radical (unpaired) electrons. The van der Waals surface area contributed by atoms with E-state index < -0.39 is 5.97 Å². The van der Waals surface area contributed by atoms with Crippen LogP contribution < -0.4 is 0 Å². The van der Waals surface area contributed by atoms with E-state index >= 15 is 0 Å². The second kappa shape index (κ2) is 5.38. The number of hydrogen-bond donors (Lipinski definition) is 1. The summed E-state index contributed by atoms with van der Waals surface area (Å²) in [6.45, 7) is 0. The van der Waals surface area contributed by atoms with E-state index in [1.807, 2.05) is 24.3 Å². The first-order valence-electron chi connectivity index (χ1n) is 6.76. The number of thioether (sulfide) groups is 1. The maximum absolute atomic E-state index is 10.9. The number of nitriles is 1. The minimum atomic E-state index is -0.739. The van der Waals surface area contributed by atoms with E-state index in [0.29, 0.717) is 5.56 Å². The molecule has 0 atom stereocenters. The first-order valence-corrected chi connectivity index (χ1v) is 7.75. The van der Waals surface area contributed by atoms with Crippen molar-refractivity contribution in [2.45, 2.75) is 24.3 Å². The molecule has 1 aromatic heterocycles. The SMILES string of the molecule is N#Cc1cc(SCC2(CC(=O)O)CC2)nc2ccccc12. The van der Waals surface area contributed by atoms with Crippen LogP contribution in [0.2, 0.25) is 0 Å². The Labute approximate surface area is 126 Å². The van der Waals surface area contributed by atoms with Crippen LogP contribution in [0.1, 0.15) is 24.8 Å². The van der Waals surface area contributed by atoms with Gasteiger partial charge in [0.25, 0.3) is 0 Å². The Bertz CT molecular complexity index is 748. The molecule has 0 amide bonds. The number of para-hydroxylation sites is 1. The predicted octanol–water partition coefficient (Wildman–Crippen LogP) is 3.45. The molecule has 1 saturated carbocycles. The number of benzene rings is 1. The van der Waals surface area contributed by atoms with Crippen LogP contribution in [-0.2, 0) is 4.79 Å². The van der Waals surface area contributed by atoms with Gasteiger partial charge >= 0.3 is 5.97 Å². The molecule has 1 aliphatic rings. The van der Waals surface area contributed by atoms with E-state index in [1.54, 1.807) is 17.8 Å². The molecule has 0 spiro atoms. The lowest BCUT2D eigenvalue weighted by Gasteiger charge is -2.12. The summed E-state index contributed by atoms with van der Waals surface area (Å²) in [5.74, 6) is 0.00692. The van der Waals surface area contributed by atoms with Gasteiger partial charge in [0.05, 0.1) is 28.6 Å². The fraction of sp³-hybridized carbons (Fsp3) is 0.312. The lowest BCUT2D eigenvalue weighted by Crippen LogP contribution is -2.11. The second-order valence-corrected chi connectivity index (χ2v) is 6.49. The smallest absolute Gasteiger partial charge is 0.303 e. The molecular formula is C16H14N2O2S. The van der Waals surface area contributed by atoms with Crippen LogP contribution in [-0.4, -0.2) is 21.8 Å². The first kappa shape index (κ1) is 13.9. The van der Waals surface area contributed by atoms with Gasteiger partial charge in [-0.3, -0.25) is 4.79 Å². The monoisotopic (exact) mass is 298 g/mol. The number of carboxylic acid groups (broad SMARTS) is 1. The van der Waals surface area contributed by atoms with Gasteiger partial charge < -0.3 is 5.11 Å². The van der Waals surface area contributed by atoms with Gasteiger partial charge in [-0.15, -0.1) is 11.8 Å². The number of fused-ring (bicyclic) bond motifs is 1. The van der Waals surface area contributed by atoms with Gasteiger partial charge in [0, 0.05) is 11.1 Å². The first-order chi connectivity index (χ1) is 10.1. The molecule has 0 aliphatic heterocycles. The fourth-order valence-electron chi connectivity index (χ4n) is 2.41. The molecule has 0 bridgehead atoms. The minimum absolute atomic E-state index is 0.0728. The Morgan fingerprint density at radius 2 is 2.19 bits per heavy atom. The number of aliphatic carboxylic acids is 1. The molecule has 0 saturated heterocycles. The van der Waals surface area contributed by atoms with Crippen molar-refractivity contribution >= 4 is 28.6 Å². The van der Waals surface area contributed by atoms with Crippen LogP contribution in [0.5, 0.6) is 0 Å². The van der Waals surface area contributed by atoms with Crippen molar-refractivity contribution in [2.75, 3.05) is 5.75 Å². The summed E-state index contributed by atoms with van der Waals surface area (Å²) in [4.78, 5) is 15.4.